The quantitative estimate of drug-likeness (QED) is 0.779. The topological polar surface area (TPSA) is 49.4 Å². The first-order valence-corrected chi connectivity index (χ1v) is 6.19. The minimum Gasteiger partial charge on any atom is -0.301 e. The SMILES string of the molecule is C=C(Br)CNC1CC(=O)N(C(C)CC)C1=O. The van der Waals surface area contributed by atoms with Gasteiger partial charge in [-0.25, -0.2) is 0 Å². The second kappa shape index (κ2) is 5.59. The molecule has 1 rings (SSSR count). The maximum absolute atomic E-state index is 11.9. The third kappa shape index (κ3) is 2.92. The molecule has 5 heteroatoms. The molecule has 0 saturated carbocycles. The third-order valence-electron chi connectivity index (χ3n) is 2.75. The predicted molar refractivity (Wildman–Crippen MR) is 66.1 cm³/mol. The number of halogens is 1. The summed E-state index contributed by atoms with van der Waals surface area (Å²) in [5.74, 6) is -0.204. The molecule has 0 aromatic rings. The van der Waals surface area contributed by atoms with Gasteiger partial charge >= 0.3 is 0 Å². The lowest BCUT2D eigenvalue weighted by atomic mass is 10.2. The van der Waals surface area contributed by atoms with Crippen molar-refractivity contribution in [2.75, 3.05) is 6.54 Å². The molecule has 0 radical (unpaired) electrons. The number of carbonyl (C=O) groups excluding carboxylic acids is 2. The van der Waals surface area contributed by atoms with Crippen LogP contribution in [0.4, 0.5) is 0 Å². The minimum atomic E-state index is -0.393. The van der Waals surface area contributed by atoms with Crippen LogP contribution in [0.1, 0.15) is 26.7 Å². The van der Waals surface area contributed by atoms with Gasteiger partial charge in [-0.2, -0.15) is 0 Å². The van der Waals surface area contributed by atoms with E-state index < -0.39 is 6.04 Å². The maximum atomic E-state index is 11.9. The van der Waals surface area contributed by atoms with Crippen molar-refractivity contribution in [1.82, 2.24) is 10.2 Å². The van der Waals surface area contributed by atoms with Gasteiger partial charge in [0.15, 0.2) is 0 Å². The normalized spacial score (nSPS) is 22.7. The maximum Gasteiger partial charge on any atom is 0.247 e. The van der Waals surface area contributed by atoms with E-state index in [0.717, 1.165) is 10.9 Å². The fraction of sp³-hybridized carbons (Fsp3) is 0.636. The number of nitrogens with zero attached hydrogens (tertiary/aromatic N) is 1. The van der Waals surface area contributed by atoms with Gasteiger partial charge in [0, 0.05) is 17.1 Å². The molecule has 1 heterocycles. The average molecular weight is 289 g/mol. The number of hydrogen-bond acceptors (Lipinski definition) is 3. The zero-order valence-corrected chi connectivity index (χ0v) is 11.2. The number of amides is 2. The van der Waals surface area contributed by atoms with Gasteiger partial charge in [-0.15, -0.1) is 0 Å². The van der Waals surface area contributed by atoms with Crippen molar-refractivity contribution in [3.8, 4) is 0 Å². The lowest BCUT2D eigenvalue weighted by molar-refractivity contribution is -0.141. The summed E-state index contributed by atoms with van der Waals surface area (Å²) in [5, 5.41) is 3.01. The smallest absolute Gasteiger partial charge is 0.247 e. The Morgan fingerprint density at radius 1 is 1.69 bits per heavy atom. The van der Waals surface area contributed by atoms with Crippen molar-refractivity contribution in [2.24, 2.45) is 0 Å². The summed E-state index contributed by atoms with van der Waals surface area (Å²) in [5.41, 5.74) is 0. The molecular formula is C11H17BrN2O2. The zero-order valence-electron chi connectivity index (χ0n) is 9.62. The van der Waals surface area contributed by atoms with E-state index in [4.69, 9.17) is 0 Å². The number of rotatable bonds is 5. The van der Waals surface area contributed by atoms with Crippen molar-refractivity contribution >= 4 is 27.7 Å². The fourth-order valence-corrected chi connectivity index (χ4v) is 1.85. The summed E-state index contributed by atoms with van der Waals surface area (Å²) >= 11 is 3.21. The van der Waals surface area contributed by atoms with Gasteiger partial charge in [-0.05, 0) is 13.3 Å². The van der Waals surface area contributed by atoms with E-state index in [-0.39, 0.29) is 24.3 Å². The molecule has 16 heavy (non-hydrogen) atoms. The molecule has 2 unspecified atom stereocenters. The molecule has 4 nitrogen and oxygen atoms in total. The summed E-state index contributed by atoms with van der Waals surface area (Å²) in [6, 6.07) is -0.408. The van der Waals surface area contributed by atoms with E-state index in [1.165, 1.54) is 4.90 Å². The Kier molecular flexibility index (Phi) is 4.68. The molecule has 0 aromatic heterocycles. The van der Waals surface area contributed by atoms with Gasteiger partial charge in [0.05, 0.1) is 12.5 Å². The highest BCUT2D eigenvalue weighted by molar-refractivity contribution is 9.11. The third-order valence-corrected chi connectivity index (χ3v) is 3.04. The Hall–Kier alpha value is -0.680. The number of nitrogens with one attached hydrogen (secondary N) is 1. The first-order chi connectivity index (χ1) is 7.47. The number of likely N-dealkylation sites (tertiary alicyclic amines) is 1. The Morgan fingerprint density at radius 3 is 2.81 bits per heavy atom. The van der Waals surface area contributed by atoms with Gasteiger partial charge in [0.25, 0.3) is 0 Å². The van der Waals surface area contributed by atoms with Crippen molar-refractivity contribution in [1.29, 1.82) is 0 Å². The van der Waals surface area contributed by atoms with Crippen LogP contribution in [0.25, 0.3) is 0 Å². The van der Waals surface area contributed by atoms with Crippen molar-refractivity contribution in [2.45, 2.75) is 38.8 Å². The van der Waals surface area contributed by atoms with E-state index in [2.05, 4.69) is 27.8 Å². The molecule has 1 N–H and O–H groups in total. The first kappa shape index (κ1) is 13.4. The van der Waals surface area contributed by atoms with Crippen molar-refractivity contribution in [3.05, 3.63) is 11.1 Å². The average Bonchev–Trinajstić information content (AvgIpc) is 2.50. The van der Waals surface area contributed by atoms with E-state index in [0.29, 0.717) is 6.54 Å². The standard InChI is InChI=1S/C11H17BrN2O2/c1-4-8(3)14-10(15)5-9(11(14)16)13-6-7(2)12/h8-9,13H,2,4-6H2,1,3H3. The van der Waals surface area contributed by atoms with Crippen LogP contribution in [-0.2, 0) is 9.59 Å². The first-order valence-electron chi connectivity index (χ1n) is 5.40. The number of imide groups is 1. The van der Waals surface area contributed by atoms with Crippen molar-refractivity contribution < 1.29 is 9.59 Å². The second-order valence-corrected chi connectivity index (χ2v) is 5.14. The Balaban J connectivity index is 2.63. The second-order valence-electron chi connectivity index (χ2n) is 4.01. The van der Waals surface area contributed by atoms with Crippen LogP contribution in [-0.4, -0.2) is 35.3 Å². The minimum absolute atomic E-state index is 0.0148. The molecule has 1 fully saturated rings. The van der Waals surface area contributed by atoms with Crippen LogP contribution in [0, 0.1) is 0 Å². The highest BCUT2D eigenvalue weighted by atomic mass is 79.9. The van der Waals surface area contributed by atoms with Crippen LogP contribution in [0.15, 0.2) is 11.1 Å². The largest absolute Gasteiger partial charge is 0.301 e. The molecule has 1 aliphatic rings. The summed E-state index contributed by atoms with van der Waals surface area (Å²) < 4.78 is 0.773. The van der Waals surface area contributed by atoms with E-state index in [1.807, 2.05) is 13.8 Å². The van der Waals surface area contributed by atoms with Gasteiger partial charge in [-0.1, -0.05) is 29.4 Å². The lowest BCUT2D eigenvalue weighted by Gasteiger charge is -2.21. The molecule has 0 spiro atoms. The molecule has 2 amide bonds. The van der Waals surface area contributed by atoms with Crippen LogP contribution in [0.2, 0.25) is 0 Å². The lowest BCUT2D eigenvalue weighted by Crippen LogP contribution is -2.42. The monoisotopic (exact) mass is 288 g/mol. The van der Waals surface area contributed by atoms with Gasteiger partial charge in [-0.3, -0.25) is 14.5 Å². The van der Waals surface area contributed by atoms with E-state index >= 15 is 0 Å². The zero-order chi connectivity index (χ0) is 12.3. The summed E-state index contributed by atoms with van der Waals surface area (Å²) in [6.07, 6.45) is 1.04. The van der Waals surface area contributed by atoms with Crippen LogP contribution < -0.4 is 5.32 Å². The molecule has 2 atom stereocenters. The highest BCUT2D eigenvalue weighted by Gasteiger charge is 2.40. The van der Waals surface area contributed by atoms with Crippen LogP contribution in [0.3, 0.4) is 0 Å². The number of carbonyl (C=O) groups is 2. The summed E-state index contributed by atoms with van der Waals surface area (Å²) in [7, 11) is 0. The Morgan fingerprint density at radius 2 is 2.31 bits per heavy atom. The van der Waals surface area contributed by atoms with Crippen molar-refractivity contribution in [3.63, 3.8) is 0 Å². The molecular weight excluding hydrogens is 272 g/mol. The molecule has 0 bridgehead atoms. The van der Waals surface area contributed by atoms with Gasteiger partial charge in [0.2, 0.25) is 11.8 Å². The van der Waals surface area contributed by atoms with E-state index in [9.17, 15) is 9.59 Å². The molecule has 0 aromatic carbocycles. The van der Waals surface area contributed by atoms with Gasteiger partial charge in [0.1, 0.15) is 0 Å². The fourth-order valence-electron chi connectivity index (χ4n) is 1.69. The van der Waals surface area contributed by atoms with Gasteiger partial charge < -0.3 is 5.32 Å². The highest BCUT2D eigenvalue weighted by Crippen LogP contribution is 2.18. The Bertz CT molecular complexity index is 317. The van der Waals surface area contributed by atoms with E-state index in [1.54, 1.807) is 0 Å². The predicted octanol–water partition coefficient (Wildman–Crippen LogP) is 1.41. The van der Waals surface area contributed by atoms with Crippen LogP contribution in [0.5, 0.6) is 0 Å². The number of hydrogen-bond donors (Lipinski definition) is 1. The molecule has 1 aliphatic heterocycles. The molecule has 0 aliphatic carbocycles. The molecule has 90 valence electrons. The molecule has 1 saturated heterocycles. The summed E-state index contributed by atoms with van der Waals surface area (Å²) in [6.45, 7) is 8.03. The Labute approximate surface area is 104 Å². The van der Waals surface area contributed by atoms with Crippen LogP contribution >= 0.6 is 15.9 Å². The summed E-state index contributed by atoms with van der Waals surface area (Å²) in [4.78, 5) is 25.0.